The highest BCUT2D eigenvalue weighted by atomic mass is 19.1. The van der Waals surface area contributed by atoms with Gasteiger partial charge in [-0.1, -0.05) is 43.3 Å². The monoisotopic (exact) mass is 439 g/mol. The number of nitrogens with zero attached hydrogens (tertiary/aromatic N) is 4. The normalized spacial score (nSPS) is 15.1. The summed E-state index contributed by atoms with van der Waals surface area (Å²) in [5.41, 5.74) is 0.769. The van der Waals surface area contributed by atoms with Crippen molar-refractivity contribution in [3.05, 3.63) is 82.9 Å². The van der Waals surface area contributed by atoms with Crippen molar-refractivity contribution in [2.75, 3.05) is 19.6 Å². The molecule has 0 saturated carbocycles. The van der Waals surface area contributed by atoms with Gasteiger partial charge < -0.3 is 14.8 Å². The largest absolute Gasteiger partial charge is 0.345 e. The van der Waals surface area contributed by atoms with Crippen molar-refractivity contribution in [3.63, 3.8) is 0 Å². The Hall–Kier alpha value is -3.13. The Bertz CT molecular complexity index is 1050. The summed E-state index contributed by atoms with van der Waals surface area (Å²) < 4.78 is 29.7. The average Bonchev–Trinajstić information content (AvgIpc) is 3.07. The number of carbonyl (C=O) groups excluding carboxylic acids is 1. The molecule has 2 heterocycles. The zero-order valence-corrected chi connectivity index (χ0v) is 18.1. The highest BCUT2D eigenvalue weighted by molar-refractivity contribution is 5.94. The Morgan fingerprint density at radius 3 is 2.53 bits per heavy atom. The zero-order valence-electron chi connectivity index (χ0n) is 18.1. The molecule has 0 fully saturated rings. The minimum absolute atomic E-state index is 0.0602. The first-order valence-corrected chi connectivity index (χ1v) is 10.9. The fraction of sp³-hybridized carbons (Fsp3) is 0.375. The van der Waals surface area contributed by atoms with Gasteiger partial charge in [-0.25, -0.2) is 8.78 Å². The van der Waals surface area contributed by atoms with Crippen LogP contribution in [-0.4, -0.2) is 45.2 Å². The first kappa shape index (κ1) is 22.1. The highest BCUT2D eigenvalue weighted by Crippen LogP contribution is 2.20. The van der Waals surface area contributed by atoms with Crippen LogP contribution in [0.2, 0.25) is 0 Å². The summed E-state index contributed by atoms with van der Waals surface area (Å²) in [5.74, 6) is -0.633. The number of fused-ring (bicyclic) bond motifs is 1. The van der Waals surface area contributed by atoms with Crippen LogP contribution in [-0.2, 0) is 19.5 Å². The quantitative estimate of drug-likeness (QED) is 0.612. The third kappa shape index (κ3) is 5.02. The van der Waals surface area contributed by atoms with Gasteiger partial charge in [0.05, 0.1) is 6.54 Å². The van der Waals surface area contributed by atoms with Crippen molar-refractivity contribution < 1.29 is 13.6 Å². The van der Waals surface area contributed by atoms with Crippen molar-refractivity contribution in [2.24, 2.45) is 0 Å². The van der Waals surface area contributed by atoms with Crippen LogP contribution in [0.1, 0.15) is 46.8 Å². The van der Waals surface area contributed by atoms with Gasteiger partial charge >= 0.3 is 0 Å². The lowest BCUT2D eigenvalue weighted by molar-refractivity contribution is 0.0941. The first-order valence-electron chi connectivity index (χ1n) is 10.9. The van der Waals surface area contributed by atoms with Gasteiger partial charge in [0.2, 0.25) is 0 Å². The van der Waals surface area contributed by atoms with Crippen LogP contribution in [0.4, 0.5) is 8.78 Å². The average molecular weight is 440 g/mol. The molecule has 1 aliphatic heterocycles. The van der Waals surface area contributed by atoms with Gasteiger partial charge in [-0.3, -0.25) is 4.79 Å². The molecule has 1 aliphatic rings. The smallest absolute Gasteiger partial charge is 0.257 e. The SMILES string of the molecule is C[C@H](CCN1CCc2nnc(CNC(=O)c3c(F)cccc3F)n2CC1)c1ccccc1. The second kappa shape index (κ2) is 9.99. The van der Waals surface area contributed by atoms with E-state index in [0.717, 1.165) is 50.4 Å². The van der Waals surface area contributed by atoms with E-state index in [0.29, 0.717) is 18.3 Å². The molecule has 3 aromatic rings. The summed E-state index contributed by atoms with van der Waals surface area (Å²) in [7, 11) is 0. The van der Waals surface area contributed by atoms with E-state index in [9.17, 15) is 13.6 Å². The summed E-state index contributed by atoms with van der Waals surface area (Å²) in [6.45, 7) is 5.77. The predicted octanol–water partition coefficient (Wildman–Crippen LogP) is 3.54. The van der Waals surface area contributed by atoms with Crippen molar-refractivity contribution in [3.8, 4) is 0 Å². The number of nitrogens with one attached hydrogen (secondary N) is 1. The Morgan fingerprint density at radius 1 is 1.03 bits per heavy atom. The summed E-state index contributed by atoms with van der Waals surface area (Å²) in [4.78, 5) is 14.7. The topological polar surface area (TPSA) is 63.1 Å². The lowest BCUT2D eigenvalue weighted by Crippen LogP contribution is -2.30. The van der Waals surface area contributed by atoms with Gasteiger partial charge in [0, 0.05) is 26.1 Å². The van der Waals surface area contributed by atoms with E-state index < -0.39 is 23.1 Å². The third-order valence-corrected chi connectivity index (χ3v) is 6.04. The van der Waals surface area contributed by atoms with Crippen LogP contribution in [0, 0.1) is 11.6 Å². The summed E-state index contributed by atoms with van der Waals surface area (Å²) in [5, 5.41) is 11.0. The fourth-order valence-corrected chi connectivity index (χ4v) is 4.07. The molecule has 0 unspecified atom stereocenters. The van der Waals surface area contributed by atoms with Crippen molar-refractivity contribution >= 4 is 5.91 Å². The van der Waals surface area contributed by atoms with Gasteiger partial charge in [0.1, 0.15) is 23.0 Å². The van der Waals surface area contributed by atoms with Gasteiger partial charge in [-0.05, 0) is 36.6 Å². The van der Waals surface area contributed by atoms with Gasteiger partial charge in [0.25, 0.3) is 5.91 Å². The molecule has 4 rings (SSSR count). The lowest BCUT2D eigenvalue weighted by Gasteiger charge is -2.22. The lowest BCUT2D eigenvalue weighted by atomic mass is 9.98. The van der Waals surface area contributed by atoms with E-state index >= 15 is 0 Å². The minimum Gasteiger partial charge on any atom is -0.345 e. The zero-order chi connectivity index (χ0) is 22.5. The summed E-state index contributed by atoms with van der Waals surface area (Å²) in [6, 6.07) is 13.9. The van der Waals surface area contributed by atoms with Crippen LogP contribution in [0.5, 0.6) is 0 Å². The second-order valence-electron chi connectivity index (χ2n) is 8.16. The van der Waals surface area contributed by atoms with Crippen LogP contribution in [0.15, 0.2) is 48.5 Å². The number of benzene rings is 2. The Morgan fingerprint density at radius 2 is 1.78 bits per heavy atom. The number of hydrogen-bond donors (Lipinski definition) is 1. The molecule has 0 spiro atoms. The summed E-state index contributed by atoms with van der Waals surface area (Å²) in [6.07, 6.45) is 1.84. The van der Waals surface area contributed by atoms with Crippen molar-refractivity contribution in [2.45, 2.75) is 38.8 Å². The molecule has 6 nitrogen and oxygen atoms in total. The molecule has 0 radical (unpaired) electrons. The second-order valence-corrected chi connectivity index (χ2v) is 8.16. The first-order chi connectivity index (χ1) is 15.5. The molecule has 8 heteroatoms. The number of amides is 1. The van der Waals surface area contributed by atoms with Crippen LogP contribution < -0.4 is 5.32 Å². The fourth-order valence-electron chi connectivity index (χ4n) is 4.07. The van der Waals surface area contributed by atoms with Crippen molar-refractivity contribution in [1.29, 1.82) is 0 Å². The van der Waals surface area contributed by atoms with E-state index in [1.54, 1.807) is 0 Å². The van der Waals surface area contributed by atoms with E-state index in [1.807, 2.05) is 10.6 Å². The highest BCUT2D eigenvalue weighted by Gasteiger charge is 2.21. The van der Waals surface area contributed by atoms with Crippen LogP contribution in [0.3, 0.4) is 0 Å². The molecule has 168 valence electrons. The molecular formula is C24H27F2N5O. The van der Waals surface area contributed by atoms with E-state index in [1.165, 1.54) is 11.6 Å². The molecule has 1 aromatic heterocycles. The maximum Gasteiger partial charge on any atom is 0.257 e. The maximum absolute atomic E-state index is 13.8. The van der Waals surface area contributed by atoms with Gasteiger partial charge in [-0.15, -0.1) is 10.2 Å². The van der Waals surface area contributed by atoms with E-state index in [4.69, 9.17) is 0 Å². The molecule has 1 N–H and O–H groups in total. The third-order valence-electron chi connectivity index (χ3n) is 6.04. The number of aromatic nitrogens is 3. The molecular weight excluding hydrogens is 412 g/mol. The van der Waals surface area contributed by atoms with Crippen LogP contribution >= 0.6 is 0 Å². The Labute approximate surface area is 186 Å². The summed E-state index contributed by atoms with van der Waals surface area (Å²) >= 11 is 0. The van der Waals surface area contributed by atoms with Crippen molar-refractivity contribution in [1.82, 2.24) is 25.0 Å². The molecule has 1 amide bonds. The number of halogens is 2. The van der Waals surface area contributed by atoms with Crippen LogP contribution in [0.25, 0.3) is 0 Å². The maximum atomic E-state index is 13.8. The number of rotatable bonds is 7. The van der Waals surface area contributed by atoms with Gasteiger partial charge in [-0.2, -0.15) is 0 Å². The van der Waals surface area contributed by atoms with E-state index in [2.05, 4.69) is 51.6 Å². The number of carbonyl (C=O) groups is 1. The Kier molecular flexibility index (Phi) is 6.90. The molecule has 0 saturated heterocycles. The van der Waals surface area contributed by atoms with Gasteiger partial charge in [0.15, 0.2) is 5.82 Å². The van der Waals surface area contributed by atoms with E-state index in [-0.39, 0.29) is 6.54 Å². The molecule has 1 atom stereocenters. The molecule has 0 bridgehead atoms. The molecule has 0 aliphatic carbocycles. The standard InChI is InChI=1S/C24H27F2N5O/c1-17(18-6-3-2-4-7-18)10-12-30-13-11-21-28-29-22(31(21)15-14-30)16-27-24(32)23-19(25)8-5-9-20(23)26/h2-9,17H,10-16H2,1H3,(H,27,32)/t17-/m1/s1. The molecule has 2 aromatic carbocycles. The predicted molar refractivity (Wildman–Crippen MR) is 117 cm³/mol. The minimum atomic E-state index is -0.886. The number of hydrogen-bond acceptors (Lipinski definition) is 4. The molecule has 32 heavy (non-hydrogen) atoms. The Balaban J connectivity index is 1.33.